The van der Waals surface area contributed by atoms with Gasteiger partial charge in [-0.3, -0.25) is 0 Å². The van der Waals surface area contributed by atoms with Crippen LogP contribution in [-0.4, -0.2) is 18.2 Å². The van der Waals surface area contributed by atoms with E-state index < -0.39 is 11.7 Å². The molecule has 0 amide bonds. The van der Waals surface area contributed by atoms with E-state index in [1.54, 1.807) is 0 Å². The zero-order valence-electron chi connectivity index (χ0n) is 8.66. The van der Waals surface area contributed by atoms with E-state index in [-0.39, 0.29) is 36.2 Å². The van der Waals surface area contributed by atoms with Crippen molar-refractivity contribution in [2.45, 2.75) is 6.18 Å². The van der Waals surface area contributed by atoms with Crippen LogP contribution in [0.3, 0.4) is 0 Å². The maximum absolute atomic E-state index is 12.4. The van der Waals surface area contributed by atoms with Crippen molar-refractivity contribution in [1.82, 2.24) is 0 Å². The minimum absolute atomic E-state index is 0. The molecule has 0 unspecified atom stereocenters. The number of benzene rings is 1. The second-order valence-corrected chi connectivity index (χ2v) is 3.37. The fourth-order valence-electron chi connectivity index (χ4n) is 1.06. The van der Waals surface area contributed by atoms with Gasteiger partial charge < -0.3 is 10.5 Å². The largest absolute Gasteiger partial charge is 0.482 e. The minimum Gasteiger partial charge on any atom is -0.482 e. The van der Waals surface area contributed by atoms with E-state index in [2.05, 4.69) is 0 Å². The molecule has 1 aromatic carbocycles. The first kappa shape index (κ1) is 16.1. The van der Waals surface area contributed by atoms with Gasteiger partial charge in [0.15, 0.2) is 5.05 Å². The topological polar surface area (TPSA) is 35.2 Å². The molecule has 17 heavy (non-hydrogen) atoms. The summed E-state index contributed by atoms with van der Waals surface area (Å²) in [5, 5.41) is 0.0246. The SMILES string of the molecule is Cl.NCCOC(=S)c1cccc(C(F)(F)F)c1. The standard InChI is InChI=1S/C10H10F3NOS.ClH/c11-10(12,13)8-3-1-2-7(6-8)9(16)15-5-4-14;/h1-3,6H,4-5,14H2;1H. The lowest BCUT2D eigenvalue weighted by Crippen LogP contribution is -2.14. The van der Waals surface area contributed by atoms with Crippen LogP contribution < -0.4 is 5.73 Å². The van der Waals surface area contributed by atoms with Gasteiger partial charge in [0, 0.05) is 12.1 Å². The van der Waals surface area contributed by atoms with Crippen molar-refractivity contribution >= 4 is 29.7 Å². The van der Waals surface area contributed by atoms with Crippen molar-refractivity contribution in [3.63, 3.8) is 0 Å². The predicted octanol–water partition coefficient (Wildman–Crippen LogP) is 2.78. The molecule has 0 bridgehead atoms. The minimum atomic E-state index is -4.38. The van der Waals surface area contributed by atoms with E-state index in [4.69, 9.17) is 22.7 Å². The monoisotopic (exact) mass is 285 g/mol. The van der Waals surface area contributed by atoms with Crippen LogP contribution in [0.4, 0.5) is 13.2 Å². The molecule has 0 aliphatic carbocycles. The Kier molecular flexibility index (Phi) is 6.44. The highest BCUT2D eigenvalue weighted by Crippen LogP contribution is 2.29. The Morgan fingerprint density at radius 3 is 2.53 bits per heavy atom. The Labute approximate surface area is 108 Å². The molecular weight excluding hydrogens is 275 g/mol. The number of rotatable bonds is 3. The van der Waals surface area contributed by atoms with Gasteiger partial charge in [0.05, 0.1) is 5.56 Å². The highest BCUT2D eigenvalue weighted by Gasteiger charge is 2.30. The number of ether oxygens (including phenoxy) is 1. The van der Waals surface area contributed by atoms with Crippen LogP contribution in [0.1, 0.15) is 11.1 Å². The summed E-state index contributed by atoms with van der Waals surface area (Å²) in [6.07, 6.45) is -4.38. The molecular formula is C10H11ClF3NOS. The van der Waals surface area contributed by atoms with Gasteiger partial charge in [0.2, 0.25) is 0 Å². The Balaban J connectivity index is 0.00000256. The predicted molar refractivity (Wildman–Crippen MR) is 65.4 cm³/mol. The van der Waals surface area contributed by atoms with Gasteiger partial charge in [-0.25, -0.2) is 0 Å². The first-order chi connectivity index (χ1) is 7.45. The average molecular weight is 286 g/mol. The molecule has 0 radical (unpaired) electrons. The zero-order chi connectivity index (χ0) is 12.2. The van der Waals surface area contributed by atoms with Gasteiger partial charge in [0.25, 0.3) is 0 Å². The Morgan fingerprint density at radius 2 is 2.00 bits per heavy atom. The summed E-state index contributed by atoms with van der Waals surface area (Å²) in [4.78, 5) is 0. The summed E-state index contributed by atoms with van der Waals surface area (Å²) in [7, 11) is 0. The van der Waals surface area contributed by atoms with Crippen molar-refractivity contribution in [2.24, 2.45) is 5.73 Å². The fraction of sp³-hybridized carbons (Fsp3) is 0.300. The molecule has 2 nitrogen and oxygen atoms in total. The van der Waals surface area contributed by atoms with Crippen LogP contribution in [0.5, 0.6) is 0 Å². The van der Waals surface area contributed by atoms with E-state index >= 15 is 0 Å². The summed E-state index contributed by atoms with van der Waals surface area (Å²) in [5.74, 6) is 0. The van der Waals surface area contributed by atoms with E-state index in [1.165, 1.54) is 12.1 Å². The maximum atomic E-state index is 12.4. The molecule has 2 N–H and O–H groups in total. The number of halogens is 4. The molecule has 0 aliphatic heterocycles. The average Bonchev–Trinajstić information content (AvgIpc) is 2.25. The molecule has 0 aromatic heterocycles. The second kappa shape index (κ2) is 6.78. The summed E-state index contributed by atoms with van der Waals surface area (Å²) in [6, 6.07) is 4.69. The van der Waals surface area contributed by atoms with Crippen LogP contribution >= 0.6 is 24.6 Å². The van der Waals surface area contributed by atoms with E-state index in [1.807, 2.05) is 0 Å². The zero-order valence-corrected chi connectivity index (χ0v) is 10.3. The van der Waals surface area contributed by atoms with Crippen LogP contribution in [0.2, 0.25) is 0 Å². The van der Waals surface area contributed by atoms with Gasteiger partial charge in [-0.2, -0.15) is 13.2 Å². The van der Waals surface area contributed by atoms with Gasteiger partial charge >= 0.3 is 6.18 Å². The normalized spacial score (nSPS) is 10.6. The second-order valence-electron chi connectivity index (χ2n) is 3.00. The lowest BCUT2D eigenvalue weighted by molar-refractivity contribution is -0.137. The van der Waals surface area contributed by atoms with Gasteiger partial charge in [-0.1, -0.05) is 12.1 Å². The van der Waals surface area contributed by atoms with Gasteiger partial charge in [-0.05, 0) is 24.4 Å². The molecule has 7 heteroatoms. The number of alkyl halides is 3. The third-order valence-corrected chi connectivity index (χ3v) is 2.13. The highest BCUT2D eigenvalue weighted by atomic mass is 35.5. The highest BCUT2D eigenvalue weighted by molar-refractivity contribution is 7.80. The smallest absolute Gasteiger partial charge is 0.416 e. The molecule has 0 heterocycles. The molecule has 0 saturated heterocycles. The molecule has 0 fully saturated rings. The molecule has 0 aliphatic rings. The van der Waals surface area contributed by atoms with Crippen molar-refractivity contribution in [2.75, 3.05) is 13.2 Å². The molecule has 1 rings (SSSR count). The van der Waals surface area contributed by atoms with Gasteiger partial charge in [-0.15, -0.1) is 12.4 Å². The third kappa shape index (κ3) is 4.89. The van der Waals surface area contributed by atoms with Gasteiger partial charge in [0.1, 0.15) is 6.61 Å². The quantitative estimate of drug-likeness (QED) is 0.868. The van der Waals surface area contributed by atoms with Crippen molar-refractivity contribution in [3.8, 4) is 0 Å². The van der Waals surface area contributed by atoms with E-state index in [9.17, 15) is 13.2 Å². The summed E-state index contributed by atoms with van der Waals surface area (Å²) in [5.41, 5.74) is 4.68. The van der Waals surface area contributed by atoms with Crippen LogP contribution in [0, 0.1) is 0 Å². The Bertz CT molecular complexity index is 384. The summed E-state index contributed by atoms with van der Waals surface area (Å²) >= 11 is 4.82. The number of hydrogen-bond donors (Lipinski definition) is 1. The lowest BCUT2D eigenvalue weighted by Gasteiger charge is -2.10. The Morgan fingerprint density at radius 1 is 1.35 bits per heavy atom. The van der Waals surface area contributed by atoms with Crippen molar-refractivity contribution < 1.29 is 17.9 Å². The summed E-state index contributed by atoms with van der Waals surface area (Å²) < 4.78 is 42.1. The third-order valence-electron chi connectivity index (χ3n) is 1.78. The molecule has 1 aromatic rings. The molecule has 0 saturated carbocycles. The number of thiocarbonyl (C=S) groups is 1. The molecule has 96 valence electrons. The van der Waals surface area contributed by atoms with Crippen LogP contribution in [0.25, 0.3) is 0 Å². The first-order valence-electron chi connectivity index (χ1n) is 4.49. The number of nitrogens with two attached hydrogens (primary N) is 1. The molecule has 0 atom stereocenters. The van der Waals surface area contributed by atoms with Crippen molar-refractivity contribution in [1.29, 1.82) is 0 Å². The van der Waals surface area contributed by atoms with Crippen LogP contribution in [0.15, 0.2) is 24.3 Å². The lowest BCUT2D eigenvalue weighted by atomic mass is 10.1. The van der Waals surface area contributed by atoms with E-state index in [0.29, 0.717) is 0 Å². The van der Waals surface area contributed by atoms with Crippen molar-refractivity contribution in [3.05, 3.63) is 35.4 Å². The fourth-order valence-corrected chi connectivity index (χ4v) is 1.27. The number of hydrogen-bond acceptors (Lipinski definition) is 3. The van der Waals surface area contributed by atoms with E-state index in [0.717, 1.165) is 12.1 Å². The molecule has 0 spiro atoms. The van der Waals surface area contributed by atoms with Crippen LogP contribution in [-0.2, 0) is 10.9 Å². The Hall–Kier alpha value is -0.850. The maximum Gasteiger partial charge on any atom is 0.416 e. The summed E-state index contributed by atoms with van der Waals surface area (Å²) in [6.45, 7) is 0.453. The first-order valence-corrected chi connectivity index (χ1v) is 4.90.